The third kappa shape index (κ3) is 3.17. The van der Waals surface area contributed by atoms with Crippen LogP contribution in [0.2, 0.25) is 5.15 Å². The van der Waals surface area contributed by atoms with E-state index in [2.05, 4.69) is 4.98 Å². The van der Waals surface area contributed by atoms with Gasteiger partial charge in [0.25, 0.3) is 0 Å². The Morgan fingerprint density at radius 1 is 1.60 bits per heavy atom. The Bertz CT molecular complexity index is 677. The molecule has 0 saturated carbocycles. The van der Waals surface area contributed by atoms with Gasteiger partial charge in [-0.25, -0.2) is 4.98 Å². The number of aromatic nitrogens is 2. The van der Waals surface area contributed by atoms with Gasteiger partial charge in [-0.15, -0.1) is 11.3 Å². The van der Waals surface area contributed by atoms with Gasteiger partial charge in [-0.05, 0) is 6.08 Å². The van der Waals surface area contributed by atoms with E-state index < -0.39 is 5.97 Å². The van der Waals surface area contributed by atoms with E-state index in [1.807, 2.05) is 11.6 Å². The van der Waals surface area contributed by atoms with Gasteiger partial charge in [-0.3, -0.25) is 14.0 Å². The number of nitrogens with zero attached hydrogens (tertiary/aromatic N) is 3. The molecule has 106 valence electrons. The first kappa shape index (κ1) is 14.5. The second-order valence-electron chi connectivity index (χ2n) is 4.08. The number of hydrogen-bond donors (Lipinski definition) is 1. The van der Waals surface area contributed by atoms with Crippen LogP contribution >= 0.6 is 22.9 Å². The number of imidazole rings is 1. The number of likely N-dealkylation sites (N-methyl/N-ethyl adjacent to an activating group) is 1. The minimum absolute atomic E-state index is 0.0850. The molecular formula is C12H12ClN3O3S. The molecule has 1 amide bonds. The Labute approximate surface area is 123 Å². The molecule has 0 aromatic carbocycles. The number of fused-ring (bicyclic) bond motifs is 1. The standard InChI is InChI=1S/C12H12ClN3O3S/c1-15(5-4-10(18)19)9(17)3-2-8-11(13)14-12-16(8)6-7-20-12/h2-3,6-7H,4-5H2,1H3,(H,18,19). The van der Waals surface area contributed by atoms with Gasteiger partial charge < -0.3 is 10.0 Å². The molecule has 8 heteroatoms. The molecule has 0 unspecified atom stereocenters. The first-order valence-electron chi connectivity index (χ1n) is 5.75. The summed E-state index contributed by atoms with van der Waals surface area (Å²) in [5.41, 5.74) is 0.628. The minimum Gasteiger partial charge on any atom is -0.481 e. The number of carbonyl (C=O) groups excluding carboxylic acids is 1. The summed E-state index contributed by atoms with van der Waals surface area (Å²) < 4.78 is 1.79. The fraction of sp³-hybridized carbons (Fsp3) is 0.250. The van der Waals surface area contributed by atoms with Crippen LogP contribution in [0.15, 0.2) is 17.7 Å². The zero-order valence-corrected chi connectivity index (χ0v) is 12.2. The fourth-order valence-electron chi connectivity index (χ4n) is 1.58. The number of amides is 1. The van der Waals surface area contributed by atoms with Crippen LogP contribution in [0, 0.1) is 0 Å². The van der Waals surface area contributed by atoms with E-state index in [1.54, 1.807) is 17.5 Å². The van der Waals surface area contributed by atoms with Gasteiger partial charge in [0, 0.05) is 31.2 Å². The van der Waals surface area contributed by atoms with Crippen molar-refractivity contribution in [1.29, 1.82) is 0 Å². The summed E-state index contributed by atoms with van der Waals surface area (Å²) in [7, 11) is 1.55. The molecule has 0 atom stereocenters. The Morgan fingerprint density at radius 3 is 3.05 bits per heavy atom. The van der Waals surface area contributed by atoms with Crippen LogP contribution in [0.1, 0.15) is 12.1 Å². The highest BCUT2D eigenvalue weighted by Gasteiger charge is 2.10. The van der Waals surface area contributed by atoms with Crippen LogP contribution in [-0.4, -0.2) is 44.9 Å². The number of thiazole rings is 1. The number of carboxylic acids is 1. The molecule has 6 nitrogen and oxygen atoms in total. The van der Waals surface area contributed by atoms with Crippen LogP contribution in [-0.2, 0) is 9.59 Å². The molecule has 1 N–H and O–H groups in total. The van der Waals surface area contributed by atoms with E-state index in [4.69, 9.17) is 16.7 Å². The van der Waals surface area contributed by atoms with Crippen molar-refractivity contribution in [3.8, 4) is 0 Å². The van der Waals surface area contributed by atoms with Crippen molar-refractivity contribution >= 4 is 45.9 Å². The van der Waals surface area contributed by atoms with Gasteiger partial charge in [0.1, 0.15) is 0 Å². The van der Waals surface area contributed by atoms with Crippen LogP contribution < -0.4 is 0 Å². The SMILES string of the molecule is CN(CCC(=O)O)C(=O)C=Cc1c(Cl)nc2sccn12. The fourth-order valence-corrected chi connectivity index (χ4v) is 2.58. The molecule has 2 aromatic rings. The summed E-state index contributed by atoms with van der Waals surface area (Å²) in [5.74, 6) is -1.22. The van der Waals surface area contributed by atoms with Crippen molar-refractivity contribution in [2.24, 2.45) is 0 Å². The third-order valence-corrected chi connectivity index (χ3v) is 3.71. The molecule has 2 aromatic heterocycles. The number of halogens is 1. The molecule has 0 radical (unpaired) electrons. The largest absolute Gasteiger partial charge is 0.481 e. The molecule has 20 heavy (non-hydrogen) atoms. The lowest BCUT2D eigenvalue weighted by Gasteiger charge is -2.12. The highest BCUT2D eigenvalue weighted by molar-refractivity contribution is 7.15. The molecule has 2 heterocycles. The van der Waals surface area contributed by atoms with Crippen LogP contribution in [0.5, 0.6) is 0 Å². The summed E-state index contributed by atoms with van der Waals surface area (Å²) in [4.78, 5) is 28.5. The third-order valence-electron chi connectivity index (χ3n) is 2.68. The summed E-state index contributed by atoms with van der Waals surface area (Å²) in [6.07, 6.45) is 4.67. The topological polar surface area (TPSA) is 74.9 Å². The summed E-state index contributed by atoms with van der Waals surface area (Å²) >= 11 is 7.44. The molecule has 0 aliphatic heterocycles. The lowest BCUT2D eigenvalue weighted by Crippen LogP contribution is -2.27. The molecule has 0 fully saturated rings. The lowest BCUT2D eigenvalue weighted by molar-refractivity contribution is -0.137. The summed E-state index contributed by atoms with van der Waals surface area (Å²) in [6.45, 7) is 0.159. The molecule has 0 saturated heterocycles. The van der Waals surface area contributed by atoms with Crippen molar-refractivity contribution < 1.29 is 14.7 Å². The van der Waals surface area contributed by atoms with Crippen molar-refractivity contribution in [2.45, 2.75) is 6.42 Å². The van der Waals surface area contributed by atoms with Crippen molar-refractivity contribution in [2.75, 3.05) is 13.6 Å². The molecule has 0 aliphatic rings. The predicted octanol–water partition coefficient (Wildman–Crippen LogP) is 2.00. The van der Waals surface area contributed by atoms with Crippen molar-refractivity contribution in [1.82, 2.24) is 14.3 Å². The Balaban J connectivity index is 2.08. The molecule has 0 bridgehead atoms. The van der Waals surface area contributed by atoms with Gasteiger partial charge >= 0.3 is 5.97 Å². The quantitative estimate of drug-likeness (QED) is 0.857. The van der Waals surface area contributed by atoms with Crippen LogP contribution in [0.3, 0.4) is 0 Å². The Morgan fingerprint density at radius 2 is 2.35 bits per heavy atom. The average Bonchev–Trinajstić information content (AvgIpc) is 2.94. The molecular weight excluding hydrogens is 302 g/mol. The maximum atomic E-state index is 11.8. The van der Waals surface area contributed by atoms with Gasteiger partial charge in [0.05, 0.1) is 12.1 Å². The normalized spacial score (nSPS) is 11.3. The number of hydrogen-bond acceptors (Lipinski definition) is 4. The highest BCUT2D eigenvalue weighted by atomic mass is 35.5. The second kappa shape index (κ2) is 6.06. The van der Waals surface area contributed by atoms with E-state index in [-0.39, 0.29) is 18.9 Å². The van der Waals surface area contributed by atoms with E-state index in [1.165, 1.54) is 22.3 Å². The zero-order chi connectivity index (χ0) is 14.7. The highest BCUT2D eigenvalue weighted by Crippen LogP contribution is 2.22. The molecule has 0 aliphatic carbocycles. The summed E-state index contributed by atoms with van der Waals surface area (Å²) in [5, 5.41) is 10.8. The lowest BCUT2D eigenvalue weighted by atomic mass is 10.3. The van der Waals surface area contributed by atoms with Gasteiger partial charge in [-0.2, -0.15) is 0 Å². The summed E-state index contributed by atoms with van der Waals surface area (Å²) in [6, 6.07) is 0. The first-order chi connectivity index (χ1) is 9.49. The van der Waals surface area contributed by atoms with E-state index in [0.717, 1.165) is 4.96 Å². The first-order valence-corrected chi connectivity index (χ1v) is 7.01. The van der Waals surface area contributed by atoms with E-state index in [9.17, 15) is 9.59 Å². The minimum atomic E-state index is -0.938. The second-order valence-corrected chi connectivity index (χ2v) is 5.31. The van der Waals surface area contributed by atoms with Crippen LogP contribution in [0.4, 0.5) is 0 Å². The average molecular weight is 314 g/mol. The van der Waals surface area contributed by atoms with Crippen molar-refractivity contribution in [3.05, 3.63) is 28.5 Å². The molecule has 2 rings (SSSR count). The van der Waals surface area contributed by atoms with E-state index >= 15 is 0 Å². The van der Waals surface area contributed by atoms with Gasteiger partial charge in [0.2, 0.25) is 5.91 Å². The number of carboxylic acid groups (broad SMARTS) is 1. The van der Waals surface area contributed by atoms with Gasteiger partial charge in [-0.1, -0.05) is 11.6 Å². The zero-order valence-electron chi connectivity index (χ0n) is 10.6. The van der Waals surface area contributed by atoms with Crippen molar-refractivity contribution in [3.63, 3.8) is 0 Å². The monoisotopic (exact) mass is 313 g/mol. The number of carbonyl (C=O) groups is 2. The van der Waals surface area contributed by atoms with Crippen LogP contribution in [0.25, 0.3) is 11.0 Å². The number of rotatable bonds is 5. The van der Waals surface area contributed by atoms with E-state index in [0.29, 0.717) is 10.8 Å². The Kier molecular flexibility index (Phi) is 4.41. The maximum Gasteiger partial charge on any atom is 0.305 e. The Hall–Kier alpha value is -1.86. The van der Waals surface area contributed by atoms with Gasteiger partial charge in [0.15, 0.2) is 10.1 Å². The number of aliphatic carboxylic acids is 1. The smallest absolute Gasteiger partial charge is 0.305 e. The predicted molar refractivity (Wildman–Crippen MR) is 77.0 cm³/mol. The maximum absolute atomic E-state index is 11.8. The molecule has 0 spiro atoms.